The van der Waals surface area contributed by atoms with Gasteiger partial charge in [0.15, 0.2) is 0 Å². The van der Waals surface area contributed by atoms with E-state index in [1.807, 2.05) is 27.7 Å². The minimum absolute atomic E-state index is 0.00341. The highest BCUT2D eigenvalue weighted by Gasteiger charge is 2.44. The maximum Gasteiger partial charge on any atom is 0.407 e. The predicted molar refractivity (Wildman–Crippen MR) is 258 cm³/mol. The molecule has 2 saturated heterocycles. The van der Waals surface area contributed by atoms with Crippen LogP contribution in [0.4, 0.5) is 4.79 Å². The molecule has 15 nitrogen and oxygen atoms in total. The van der Waals surface area contributed by atoms with Crippen LogP contribution in [0.15, 0.2) is 47.6 Å². The van der Waals surface area contributed by atoms with Gasteiger partial charge in [0, 0.05) is 37.8 Å². The number of esters is 4. The summed E-state index contributed by atoms with van der Waals surface area (Å²) in [7, 11) is 0. The van der Waals surface area contributed by atoms with Crippen molar-refractivity contribution in [3.05, 3.63) is 47.6 Å². The molecule has 0 radical (unpaired) electrons. The van der Waals surface area contributed by atoms with E-state index in [4.69, 9.17) is 38.2 Å². The molecule has 16 unspecified atom stereocenters. The second-order valence-electron chi connectivity index (χ2n) is 20.9. The standard InChI is InChI=1S/C54H82N2O13/c1-9-34(5)52(59)67-46-25-32(3)23-38-13-11-36(7)44(50(38)46)17-15-40-27-42(29-48(57)64-40)66-54(61)56-20-22-62-21-19-55-31-63-69-43-28-41(65-49(58)30-43)16-18-45-37(8)12-14-39-24-33(4)26-47(51(39)45)68-53(60)35(6)10-2/h11-14,23-24,32-37,40-47,50-51,55H,9-10,15-22,25-31H2,1-8H3,(H,56,61). The molecular weight excluding hydrogens is 885 g/mol. The van der Waals surface area contributed by atoms with Crippen LogP contribution in [-0.4, -0.2) is 99.6 Å². The number of amides is 1. The molecule has 0 spiro atoms. The van der Waals surface area contributed by atoms with Gasteiger partial charge in [-0.2, -0.15) is 0 Å². The molecule has 386 valence electrons. The summed E-state index contributed by atoms with van der Waals surface area (Å²) >= 11 is 0. The number of ether oxygens (including phenoxy) is 6. The number of cyclic esters (lactones) is 2. The molecule has 1 amide bonds. The van der Waals surface area contributed by atoms with Crippen LogP contribution in [0.2, 0.25) is 0 Å². The Morgan fingerprint density at radius 3 is 1.68 bits per heavy atom. The quantitative estimate of drug-likeness (QED) is 0.0248. The van der Waals surface area contributed by atoms with Crippen LogP contribution in [0.1, 0.15) is 132 Å². The Morgan fingerprint density at radius 2 is 1.16 bits per heavy atom. The van der Waals surface area contributed by atoms with Crippen molar-refractivity contribution in [3.63, 3.8) is 0 Å². The van der Waals surface area contributed by atoms with Crippen LogP contribution in [0.3, 0.4) is 0 Å². The molecule has 6 aliphatic rings. The topological polar surface area (TPSA) is 183 Å². The van der Waals surface area contributed by atoms with E-state index in [1.165, 1.54) is 11.1 Å². The fourth-order valence-electron chi connectivity index (χ4n) is 11.2. The van der Waals surface area contributed by atoms with E-state index in [1.54, 1.807) is 0 Å². The van der Waals surface area contributed by atoms with Gasteiger partial charge in [-0.25, -0.2) is 14.6 Å². The maximum absolute atomic E-state index is 12.9. The molecule has 4 aliphatic carbocycles. The minimum Gasteiger partial charge on any atom is -0.462 e. The van der Waals surface area contributed by atoms with Gasteiger partial charge in [-0.1, -0.05) is 91.8 Å². The van der Waals surface area contributed by atoms with Gasteiger partial charge in [-0.3, -0.25) is 24.5 Å². The van der Waals surface area contributed by atoms with E-state index in [0.29, 0.717) is 50.7 Å². The Hall–Kier alpha value is -4.05. The number of allylic oxidation sites excluding steroid dienone is 6. The molecule has 2 aliphatic heterocycles. The highest BCUT2D eigenvalue weighted by Crippen LogP contribution is 2.47. The van der Waals surface area contributed by atoms with Crippen molar-refractivity contribution in [1.82, 2.24) is 10.6 Å². The second-order valence-corrected chi connectivity index (χ2v) is 20.9. The van der Waals surface area contributed by atoms with E-state index in [2.05, 4.69) is 74.8 Å². The molecule has 15 heteroatoms. The van der Waals surface area contributed by atoms with Crippen molar-refractivity contribution in [1.29, 1.82) is 0 Å². The molecule has 2 fully saturated rings. The highest BCUT2D eigenvalue weighted by molar-refractivity contribution is 5.73. The van der Waals surface area contributed by atoms with Gasteiger partial charge in [0.1, 0.15) is 43.4 Å². The third kappa shape index (κ3) is 15.7. The fourth-order valence-corrected chi connectivity index (χ4v) is 11.2. The van der Waals surface area contributed by atoms with Crippen molar-refractivity contribution in [2.75, 3.05) is 33.0 Å². The third-order valence-corrected chi connectivity index (χ3v) is 15.4. The van der Waals surface area contributed by atoms with Crippen LogP contribution in [0, 0.1) is 59.2 Å². The number of rotatable bonds is 23. The summed E-state index contributed by atoms with van der Waals surface area (Å²) in [5.41, 5.74) is 2.46. The predicted octanol–water partition coefficient (Wildman–Crippen LogP) is 8.66. The van der Waals surface area contributed by atoms with Crippen molar-refractivity contribution in [2.45, 2.75) is 169 Å². The SMILES string of the molecule is CCC(C)C(=O)OC1CC(C)C=C2C=CC(C)C(CCC3CC(OOCNCCOCCNC(=O)OC4CC(=O)OC(CCC5C(C)C=CC6=CC(C)CC(OC(=O)C(C)CC)C65)C4)CC(=O)O3)C21. The van der Waals surface area contributed by atoms with E-state index < -0.39 is 18.3 Å². The monoisotopic (exact) mass is 967 g/mol. The molecule has 6 rings (SSSR count). The highest BCUT2D eigenvalue weighted by atomic mass is 17.2. The molecule has 2 heterocycles. The van der Waals surface area contributed by atoms with Gasteiger partial charge in [-0.15, -0.1) is 0 Å². The lowest BCUT2D eigenvalue weighted by molar-refractivity contribution is -0.335. The average Bonchev–Trinajstić information content (AvgIpc) is 3.30. The Labute approximate surface area is 410 Å². The summed E-state index contributed by atoms with van der Waals surface area (Å²) in [6.45, 7) is 18.0. The molecule has 0 aromatic rings. The molecule has 0 aromatic heterocycles. The zero-order valence-electron chi connectivity index (χ0n) is 42.5. The Kier molecular flexibility index (Phi) is 20.8. The first-order valence-electron chi connectivity index (χ1n) is 26.2. The average molecular weight is 967 g/mol. The number of nitrogens with one attached hydrogen (secondary N) is 2. The molecule has 2 N–H and O–H groups in total. The van der Waals surface area contributed by atoms with E-state index >= 15 is 0 Å². The number of carbonyl (C=O) groups excluding carboxylic acids is 5. The summed E-state index contributed by atoms with van der Waals surface area (Å²) in [6, 6.07) is 0. The Morgan fingerprint density at radius 1 is 0.667 bits per heavy atom. The van der Waals surface area contributed by atoms with Crippen LogP contribution in [-0.2, 0) is 57.4 Å². The number of carbonyl (C=O) groups is 5. The van der Waals surface area contributed by atoms with Gasteiger partial charge in [0.05, 0.1) is 37.9 Å². The van der Waals surface area contributed by atoms with E-state index in [9.17, 15) is 24.0 Å². The van der Waals surface area contributed by atoms with Gasteiger partial charge in [0.25, 0.3) is 0 Å². The summed E-state index contributed by atoms with van der Waals surface area (Å²) in [6.07, 6.45) is 17.8. The molecule has 0 saturated carbocycles. The maximum atomic E-state index is 12.9. The normalized spacial score (nSPS) is 33.9. The largest absolute Gasteiger partial charge is 0.462 e. The number of hydrogen-bond donors (Lipinski definition) is 2. The van der Waals surface area contributed by atoms with Crippen molar-refractivity contribution < 1.29 is 62.2 Å². The van der Waals surface area contributed by atoms with Gasteiger partial charge in [0.2, 0.25) is 0 Å². The number of alkyl carbamates (subject to hydrolysis) is 1. The van der Waals surface area contributed by atoms with Crippen LogP contribution in [0.25, 0.3) is 0 Å². The van der Waals surface area contributed by atoms with Crippen LogP contribution >= 0.6 is 0 Å². The third-order valence-electron chi connectivity index (χ3n) is 15.4. The summed E-state index contributed by atoms with van der Waals surface area (Å²) in [5, 5.41) is 5.80. The van der Waals surface area contributed by atoms with Gasteiger partial charge in [-0.05, 0) is 98.0 Å². The van der Waals surface area contributed by atoms with Crippen molar-refractivity contribution >= 4 is 30.0 Å². The lowest BCUT2D eigenvalue weighted by atomic mass is 9.65. The number of fused-ring (bicyclic) bond motifs is 2. The van der Waals surface area contributed by atoms with Crippen molar-refractivity contribution in [2.24, 2.45) is 59.2 Å². The fraction of sp³-hybridized carbons (Fsp3) is 0.759. The van der Waals surface area contributed by atoms with Gasteiger partial charge < -0.3 is 33.7 Å². The van der Waals surface area contributed by atoms with Gasteiger partial charge >= 0.3 is 30.0 Å². The van der Waals surface area contributed by atoms with E-state index in [-0.39, 0.29) is 128 Å². The Balaban J connectivity index is 0.833. The molecule has 69 heavy (non-hydrogen) atoms. The molecule has 0 aromatic carbocycles. The second kappa shape index (κ2) is 26.4. The summed E-state index contributed by atoms with van der Waals surface area (Å²) in [5.74, 6) is 0.564. The van der Waals surface area contributed by atoms with Crippen molar-refractivity contribution in [3.8, 4) is 0 Å². The van der Waals surface area contributed by atoms with E-state index in [0.717, 1.165) is 38.5 Å². The zero-order valence-corrected chi connectivity index (χ0v) is 42.5. The first-order valence-corrected chi connectivity index (χ1v) is 26.2. The summed E-state index contributed by atoms with van der Waals surface area (Å²) in [4.78, 5) is 74.8. The van der Waals surface area contributed by atoms with Crippen LogP contribution in [0.5, 0.6) is 0 Å². The molecule has 0 bridgehead atoms. The zero-order chi connectivity index (χ0) is 49.6. The lowest BCUT2D eigenvalue weighted by Gasteiger charge is -2.43. The number of hydrogen-bond acceptors (Lipinski definition) is 14. The Bertz CT molecular complexity index is 1860. The van der Waals surface area contributed by atoms with Crippen LogP contribution < -0.4 is 10.6 Å². The smallest absolute Gasteiger partial charge is 0.407 e. The molecular formula is C54H82N2O13. The lowest BCUT2D eigenvalue weighted by Crippen LogP contribution is -2.42. The minimum atomic E-state index is -0.614. The molecule has 16 atom stereocenters. The summed E-state index contributed by atoms with van der Waals surface area (Å²) < 4.78 is 35.1. The first kappa shape index (κ1) is 54.3. The first-order chi connectivity index (χ1) is 33.1.